The summed E-state index contributed by atoms with van der Waals surface area (Å²) in [7, 11) is 1.27. The average molecular weight is 288 g/mol. The number of nitrogens with zero attached hydrogens (tertiary/aromatic N) is 2. The maximum Gasteiger partial charge on any atom is 0.337 e. The van der Waals surface area contributed by atoms with Gasteiger partial charge in [0.05, 0.1) is 24.1 Å². The Morgan fingerprint density at radius 3 is 2.81 bits per heavy atom. The summed E-state index contributed by atoms with van der Waals surface area (Å²) in [6, 6.07) is 4.18. The number of carbonyl (C=O) groups excluding carboxylic acids is 1. The molecule has 0 saturated heterocycles. The lowest BCUT2D eigenvalue weighted by molar-refractivity contribution is -0.384. The molecule has 0 atom stereocenters. The van der Waals surface area contributed by atoms with Gasteiger partial charge in [-0.3, -0.25) is 10.1 Å². The predicted octanol–water partition coefficient (Wildman–Crippen LogP) is 2.23. The van der Waals surface area contributed by atoms with Gasteiger partial charge in [-0.2, -0.15) is 0 Å². The summed E-state index contributed by atoms with van der Waals surface area (Å²) in [6.07, 6.45) is 7.57. The fourth-order valence-corrected chi connectivity index (χ4v) is 2.15. The van der Waals surface area contributed by atoms with Crippen LogP contribution in [-0.4, -0.2) is 31.1 Å². The van der Waals surface area contributed by atoms with Crippen molar-refractivity contribution >= 4 is 17.3 Å². The van der Waals surface area contributed by atoms with Gasteiger partial charge in [-0.15, -0.1) is 6.42 Å². The van der Waals surface area contributed by atoms with Crippen LogP contribution in [-0.2, 0) is 4.74 Å². The summed E-state index contributed by atoms with van der Waals surface area (Å²) < 4.78 is 4.66. The molecule has 0 aliphatic heterocycles. The van der Waals surface area contributed by atoms with Crippen LogP contribution in [0.1, 0.15) is 23.2 Å². The van der Waals surface area contributed by atoms with Crippen LogP contribution in [0, 0.1) is 28.4 Å². The summed E-state index contributed by atoms with van der Waals surface area (Å²) in [6.45, 7) is 0.928. The molecule has 2 rings (SSSR count). The molecule has 6 nitrogen and oxygen atoms in total. The van der Waals surface area contributed by atoms with E-state index in [1.807, 2.05) is 0 Å². The number of nitro benzene ring substituents is 1. The molecule has 21 heavy (non-hydrogen) atoms. The first-order chi connectivity index (χ1) is 10.1. The minimum Gasteiger partial charge on any atom is -0.465 e. The highest BCUT2D eigenvalue weighted by Crippen LogP contribution is 2.35. The van der Waals surface area contributed by atoms with Crippen molar-refractivity contribution in [2.24, 2.45) is 5.92 Å². The summed E-state index contributed by atoms with van der Waals surface area (Å²) >= 11 is 0. The van der Waals surface area contributed by atoms with Crippen molar-refractivity contribution < 1.29 is 14.5 Å². The average Bonchev–Trinajstić information content (AvgIpc) is 3.29. The van der Waals surface area contributed by atoms with Crippen LogP contribution in [0.4, 0.5) is 11.4 Å². The van der Waals surface area contributed by atoms with E-state index in [2.05, 4.69) is 10.7 Å². The van der Waals surface area contributed by atoms with E-state index < -0.39 is 10.9 Å². The molecule has 0 amide bonds. The second kappa shape index (κ2) is 6.27. The number of terminal acetylenes is 1. The second-order valence-electron chi connectivity index (χ2n) is 4.98. The molecule has 0 spiro atoms. The second-order valence-corrected chi connectivity index (χ2v) is 4.98. The van der Waals surface area contributed by atoms with E-state index in [1.54, 1.807) is 4.90 Å². The molecule has 0 unspecified atom stereocenters. The molecule has 0 bridgehead atoms. The number of benzene rings is 1. The normalized spacial score (nSPS) is 13.3. The first-order valence-electron chi connectivity index (χ1n) is 6.62. The topological polar surface area (TPSA) is 72.7 Å². The highest BCUT2D eigenvalue weighted by atomic mass is 16.6. The minimum absolute atomic E-state index is 0.0569. The van der Waals surface area contributed by atoms with E-state index >= 15 is 0 Å². The number of anilines is 1. The van der Waals surface area contributed by atoms with Crippen molar-refractivity contribution in [3.8, 4) is 12.3 Å². The molecule has 1 aromatic carbocycles. The summed E-state index contributed by atoms with van der Waals surface area (Å²) in [4.78, 5) is 24.1. The van der Waals surface area contributed by atoms with Crippen LogP contribution in [0.3, 0.4) is 0 Å². The SMILES string of the molecule is C#CCN(CC1CC1)c1cc(C(=O)OC)ccc1[N+](=O)[O-]. The quantitative estimate of drug-likeness (QED) is 0.347. The van der Waals surface area contributed by atoms with Crippen LogP contribution >= 0.6 is 0 Å². The zero-order valence-electron chi connectivity index (χ0n) is 11.7. The van der Waals surface area contributed by atoms with E-state index in [-0.39, 0.29) is 17.8 Å². The van der Waals surface area contributed by atoms with E-state index in [0.717, 1.165) is 12.8 Å². The molecule has 0 N–H and O–H groups in total. The maximum absolute atomic E-state index is 11.6. The zero-order chi connectivity index (χ0) is 15.4. The fraction of sp³-hybridized carbons (Fsp3) is 0.400. The smallest absolute Gasteiger partial charge is 0.337 e. The van der Waals surface area contributed by atoms with Crippen molar-refractivity contribution in [2.45, 2.75) is 12.8 Å². The summed E-state index contributed by atoms with van der Waals surface area (Å²) in [5.74, 6) is 2.50. The molecular formula is C15H16N2O4. The number of carbonyl (C=O) groups is 1. The lowest BCUT2D eigenvalue weighted by Gasteiger charge is -2.22. The Morgan fingerprint density at radius 2 is 2.29 bits per heavy atom. The van der Waals surface area contributed by atoms with Crippen molar-refractivity contribution in [1.82, 2.24) is 0 Å². The molecule has 0 aromatic heterocycles. The lowest BCUT2D eigenvalue weighted by Crippen LogP contribution is -2.27. The number of ether oxygens (including phenoxy) is 1. The highest BCUT2D eigenvalue weighted by Gasteiger charge is 2.28. The van der Waals surface area contributed by atoms with Gasteiger partial charge in [0.15, 0.2) is 0 Å². The van der Waals surface area contributed by atoms with Gasteiger partial charge in [-0.1, -0.05) is 5.92 Å². The number of rotatable bonds is 6. The fourth-order valence-electron chi connectivity index (χ4n) is 2.15. The Kier molecular flexibility index (Phi) is 4.43. The molecule has 6 heteroatoms. The van der Waals surface area contributed by atoms with E-state index in [4.69, 9.17) is 6.42 Å². The Hall–Kier alpha value is -2.55. The van der Waals surface area contributed by atoms with Crippen molar-refractivity contribution in [2.75, 3.05) is 25.1 Å². The molecule has 1 fully saturated rings. The van der Waals surface area contributed by atoms with Gasteiger partial charge in [-0.05, 0) is 30.9 Å². The summed E-state index contributed by atoms with van der Waals surface area (Å²) in [5, 5.41) is 11.2. The zero-order valence-corrected chi connectivity index (χ0v) is 11.7. The molecule has 0 heterocycles. The van der Waals surface area contributed by atoms with Crippen LogP contribution in [0.5, 0.6) is 0 Å². The van der Waals surface area contributed by atoms with E-state index in [9.17, 15) is 14.9 Å². The molecule has 1 aliphatic carbocycles. The maximum atomic E-state index is 11.6. The molecule has 0 radical (unpaired) electrons. The molecule has 1 aliphatic rings. The van der Waals surface area contributed by atoms with Gasteiger partial charge < -0.3 is 9.64 Å². The number of methoxy groups -OCH3 is 1. The number of nitro groups is 1. The Labute approximate surface area is 122 Å². The third kappa shape index (κ3) is 3.51. The van der Waals surface area contributed by atoms with Crippen LogP contribution in [0.15, 0.2) is 18.2 Å². The Balaban J connectivity index is 2.41. The standard InChI is InChI=1S/C15H16N2O4/c1-3-8-16(10-11-4-5-11)14-9-12(15(18)21-2)6-7-13(14)17(19)20/h1,6-7,9,11H,4-5,8,10H2,2H3. The molecule has 1 saturated carbocycles. The largest absolute Gasteiger partial charge is 0.465 e. The number of hydrogen-bond acceptors (Lipinski definition) is 5. The van der Waals surface area contributed by atoms with Crippen LogP contribution in [0.2, 0.25) is 0 Å². The van der Waals surface area contributed by atoms with Gasteiger partial charge in [0.1, 0.15) is 5.69 Å². The molecular weight excluding hydrogens is 272 g/mol. The molecule has 1 aromatic rings. The summed E-state index contributed by atoms with van der Waals surface area (Å²) in [5.41, 5.74) is 0.585. The number of hydrogen-bond donors (Lipinski definition) is 0. The van der Waals surface area contributed by atoms with Gasteiger partial charge in [0, 0.05) is 12.6 Å². The van der Waals surface area contributed by atoms with Crippen molar-refractivity contribution in [1.29, 1.82) is 0 Å². The Bertz CT molecular complexity index is 602. The lowest BCUT2D eigenvalue weighted by atomic mass is 10.1. The van der Waals surface area contributed by atoms with Gasteiger partial charge in [0.2, 0.25) is 0 Å². The third-order valence-corrected chi connectivity index (χ3v) is 3.39. The van der Waals surface area contributed by atoms with Crippen molar-refractivity contribution in [3.63, 3.8) is 0 Å². The Morgan fingerprint density at radius 1 is 1.57 bits per heavy atom. The van der Waals surface area contributed by atoms with Crippen molar-refractivity contribution in [3.05, 3.63) is 33.9 Å². The van der Waals surface area contributed by atoms with E-state index in [0.29, 0.717) is 18.2 Å². The first kappa shape index (κ1) is 14.9. The highest BCUT2D eigenvalue weighted by molar-refractivity contribution is 5.91. The van der Waals surface area contributed by atoms with E-state index in [1.165, 1.54) is 25.3 Å². The predicted molar refractivity (Wildman–Crippen MR) is 78.2 cm³/mol. The first-order valence-corrected chi connectivity index (χ1v) is 6.62. The van der Waals surface area contributed by atoms with Crippen LogP contribution in [0.25, 0.3) is 0 Å². The number of esters is 1. The third-order valence-electron chi connectivity index (χ3n) is 3.39. The van der Waals surface area contributed by atoms with Crippen LogP contribution < -0.4 is 4.90 Å². The minimum atomic E-state index is -0.529. The molecule has 110 valence electrons. The van der Waals surface area contributed by atoms with Gasteiger partial charge in [-0.25, -0.2) is 4.79 Å². The van der Waals surface area contributed by atoms with Gasteiger partial charge in [0.25, 0.3) is 5.69 Å². The van der Waals surface area contributed by atoms with Gasteiger partial charge >= 0.3 is 5.97 Å². The monoisotopic (exact) mass is 288 g/mol.